The van der Waals surface area contributed by atoms with Gasteiger partial charge in [-0.3, -0.25) is 10.1 Å². The van der Waals surface area contributed by atoms with E-state index in [1.54, 1.807) is 4.90 Å². The second kappa shape index (κ2) is 6.51. The Morgan fingerprint density at radius 3 is 2.42 bits per heavy atom. The molecule has 7 nitrogen and oxygen atoms in total. The molecule has 0 atom stereocenters. The molecule has 2 saturated heterocycles. The molecule has 2 heterocycles. The average molecular weight is 330 g/mol. The minimum atomic E-state index is -0.852. The third-order valence-electron chi connectivity index (χ3n) is 4.66. The lowest BCUT2D eigenvalue weighted by atomic mass is 9.88. The van der Waals surface area contributed by atoms with Gasteiger partial charge in [-0.05, 0) is 37.0 Å². The molecular weight excluding hydrogens is 308 g/mol. The molecule has 3 rings (SSSR count). The molecule has 3 N–H and O–H groups in total. The summed E-state index contributed by atoms with van der Waals surface area (Å²) in [5, 5.41) is 7.84. The summed E-state index contributed by atoms with van der Waals surface area (Å²) < 4.78 is 0. The van der Waals surface area contributed by atoms with Gasteiger partial charge in [0.15, 0.2) is 0 Å². The van der Waals surface area contributed by atoms with Gasteiger partial charge in [-0.25, -0.2) is 9.59 Å². The molecule has 0 unspecified atom stereocenters. The normalized spacial score (nSPS) is 19.1. The van der Waals surface area contributed by atoms with Crippen molar-refractivity contribution in [2.45, 2.75) is 38.1 Å². The first-order chi connectivity index (χ1) is 11.5. The summed E-state index contributed by atoms with van der Waals surface area (Å²) in [6.07, 6.45) is 2.96. The van der Waals surface area contributed by atoms with Gasteiger partial charge in [0.1, 0.15) is 5.54 Å². The third-order valence-corrected chi connectivity index (χ3v) is 4.66. The van der Waals surface area contributed by atoms with Crippen molar-refractivity contribution in [3.8, 4) is 0 Å². The van der Waals surface area contributed by atoms with Crippen LogP contribution in [-0.4, -0.2) is 41.5 Å². The highest BCUT2D eigenvalue weighted by atomic mass is 16.2. The molecule has 5 amide bonds. The van der Waals surface area contributed by atoms with E-state index in [-0.39, 0.29) is 11.9 Å². The van der Waals surface area contributed by atoms with Crippen LogP contribution in [0, 0.1) is 0 Å². The van der Waals surface area contributed by atoms with Gasteiger partial charge in [-0.15, -0.1) is 0 Å². The summed E-state index contributed by atoms with van der Waals surface area (Å²) in [5.41, 5.74) is 1.15. The maximum absolute atomic E-state index is 12.4. The molecule has 0 aliphatic carbocycles. The highest BCUT2D eigenvalue weighted by Gasteiger charge is 2.48. The molecule has 2 aliphatic heterocycles. The molecule has 24 heavy (non-hydrogen) atoms. The number of carbonyl (C=O) groups excluding carboxylic acids is 3. The molecule has 0 aromatic heterocycles. The number of imide groups is 1. The number of amides is 5. The summed E-state index contributed by atoms with van der Waals surface area (Å²) in [6.45, 7) is 2.98. The average Bonchev–Trinajstić information content (AvgIpc) is 2.83. The van der Waals surface area contributed by atoms with Crippen LogP contribution in [0.5, 0.6) is 0 Å². The van der Waals surface area contributed by atoms with Crippen LogP contribution < -0.4 is 16.0 Å². The van der Waals surface area contributed by atoms with Gasteiger partial charge >= 0.3 is 12.1 Å². The van der Waals surface area contributed by atoms with Crippen molar-refractivity contribution in [3.05, 3.63) is 29.8 Å². The van der Waals surface area contributed by atoms with E-state index in [2.05, 4.69) is 22.9 Å². The molecule has 1 aromatic carbocycles. The molecule has 2 aliphatic rings. The summed E-state index contributed by atoms with van der Waals surface area (Å²) in [6, 6.07) is 7.20. The third kappa shape index (κ3) is 3.20. The van der Waals surface area contributed by atoms with Gasteiger partial charge in [0, 0.05) is 18.8 Å². The fourth-order valence-electron chi connectivity index (χ4n) is 3.22. The number of urea groups is 2. The van der Waals surface area contributed by atoms with Crippen LogP contribution in [0.2, 0.25) is 0 Å². The lowest BCUT2D eigenvalue weighted by Crippen LogP contribution is -2.56. The van der Waals surface area contributed by atoms with Gasteiger partial charge in [-0.2, -0.15) is 0 Å². The number of nitrogens with zero attached hydrogens (tertiary/aromatic N) is 1. The van der Waals surface area contributed by atoms with Crippen LogP contribution in [0.1, 0.15) is 31.7 Å². The maximum Gasteiger partial charge on any atom is 0.322 e. The van der Waals surface area contributed by atoms with Crippen LogP contribution in [0.4, 0.5) is 15.3 Å². The van der Waals surface area contributed by atoms with Crippen molar-refractivity contribution in [1.82, 2.24) is 15.5 Å². The Bertz CT molecular complexity index is 648. The number of piperidine rings is 1. The zero-order valence-electron chi connectivity index (χ0n) is 13.7. The standard InChI is InChI=1S/C17H22N4O3/c1-2-3-12-4-6-13(7-5-12)18-16(24)21-10-8-17(9-11-21)14(22)19-15(23)20-17/h4-7H,2-3,8-11H2,1H3,(H,18,24)(H2,19,20,22,23). The number of carbonyl (C=O) groups is 3. The van der Waals surface area contributed by atoms with Crippen LogP contribution in [0.25, 0.3) is 0 Å². The molecule has 1 aromatic rings. The van der Waals surface area contributed by atoms with Crippen molar-refractivity contribution in [2.75, 3.05) is 18.4 Å². The molecule has 128 valence electrons. The maximum atomic E-state index is 12.4. The highest BCUT2D eigenvalue weighted by molar-refractivity contribution is 6.07. The monoisotopic (exact) mass is 330 g/mol. The lowest BCUT2D eigenvalue weighted by Gasteiger charge is -2.36. The minimum Gasteiger partial charge on any atom is -0.324 e. The first-order valence-corrected chi connectivity index (χ1v) is 8.31. The van der Waals surface area contributed by atoms with Crippen molar-refractivity contribution >= 4 is 23.7 Å². The quantitative estimate of drug-likeness (QED) is 0.739. The Balaban J connectivity index is 1.55. The number of benzene rings is 1. The second-order valence-corrected chi connectivity index (χ2v) is 6.35. The second-order valence-electron chi connectivity index (χ2n) is 6.35. The van der Waals surface area contributed by atoms with E-state index in [0.29, 0.717) is 25.9 Å². The van der Waals surface area contributed by atoms with E-state index >= 15 is 0 Å². The number of likely N-dealkylation sites (tertiary alicyclic amines) is 1. The predicted molar refractivity (Wildman–Crippen MR) is 89.7 cm³/mol. The van der Waals surface area contributed by atoms with Crippen molar-refractivity contribution < 1.29 is 14.4 Å². The fraction of sp³-hybridized carbons (Fsp3) is 0.471. The van der Waals surface area contributed by atoms with Crippen molar-refractivity contribution in [1.29, 1.82) is 0 Å². The van der Waals surface area contributed by atoms with E-state index in [0.717, 1.165) is 18.5 Å². The Morgan fingerprint density at radius 1 is 1.21 bits per heavy atom. The van der Waals surface area contributed by atoms with Crippen LogP contribution >= 0.6 is 0 Å². The van der Waals surface area contributed by atoms with Crippen LogP contribution in [-0.2, 0) is 11.2 Å². The largest absolute Gasteiger partial charge is 0.324 e. The van der Waals surface area contributed by atoms with Gasteiger partial charge in [-0.1, -0.05) is 25.5 Å². The number of hydrogen-bond acceptors (Lipinski definition) is 3. The van der Waals surface area contributed by atoms with E-state index < -0.39 is 11.6 Å². The molecule has 0 radical (unpaired) electrons. The molecule has 0 saturated carbocycles. The van der Waals surface area contributed by atoms with Gasteiger partial charge in [0.05, 0.1) is 0 Å². The topological polar surface area (TPSA) is 90.5 Å². The van der Waals surface area contributed by atoms with E-state index in [1.807, 2.05) is 24.3 Å². The smallest absolute Gasteiger partial charge is 0.322 e. The highest BCUT2D eigenvalue weighted by Crippen LogP contribution is 2.26. The first kappa shape index (κ1) is 16.3. The Hall–Kier alpha value is -2.57. The fourth-order valence-corrected chi connectivity index (χ4v) is 3.22. The lowest BCUT2D eigenvalue weighted by molar-refractivity contribution is -0.125. The summed E-state index contributed by atoms with van der Waals surface area (Å²) in [4.78, 5) is 37.2. The molecule has 2 fully saturated rings. The Morgan fingerprint density at radius 2 is 1.88 bits per heavy atom. The number of aryl methyl sites for hydroxylation is 1. The summed E-state index contributed by atoms with van der Waals surface area (Å²) in [7, 11) is 0. The first-order valence-electron chi connectivity index (χ1n) is 8.31. The zero-order chi connectivity index (χ0) is 17.2. The van der Waals surface area contributed by atoms with E-state index in [1.165, 1.54) is 5.56 Å². The van der Waals surface area contributed by atoms with Crippen LogP contribution in [0.15, 0.2) is 24.3 Å². The van der Waals surface area contributed by atoms with Crippen LogP contribution in [0.3, 0.4) is 0 Å². The van der Waals surface area contributed by atoms with Crippen molar-refractivity contribution in [3.63, 3.8) is 0 Å². The number of anilines is 1. The minimum absolute atomic E-state index is 0.183. The van der Waals surface area contributed by atoms with E-state index in [9.17, 15) is 14.4 Å². The Labute approximate surface area is 140 Å². The Kier molecular flexibility index (Phi) is 4.42. The summed E-state index contributed by atoms with van der Waals surface area (Å²) >= 11 is 0. The molecule has 0 bridgehead atoms. The van der Waals surface area contributed by atoms with Gasteiger partial charge in [0.2, 0.25) is 0 Å². The molecule has 1 spiro atoms. The van der Waals surface area contributed by atoms with Crippen molar-refractivity contribution in [2.24, 2.45) is 0 Å². The SMILES string of the molecule is CCCc1ccc(NC(=O)N2CCC3(CC2)NC(=O)NC3=O)cc1. The number of nitrogens with one attached hydrogen (secondary N) is 3. The van der Waals surface area contributed by atoms with Gasteiger partial charge < -0.3 is 15.5 Å². The van der Waals surface area contributed by atoms with Gasteiger partial charge in [0.25, 0.3) is 5.91 Å². The number of rotatable bonds is 3. The molecule has 7 heteroatoms. The molecular formula is C17H22N4O3. The predicted octanol–water partition coefficient (Wildman–Crippen LogP) is 1.84. The zero-order valence-corrected chi connectivity index (χ0v) is 13.7. The summed E-state index contributed by atoms with van der Waals surface area (Å²) in [5.74, 6) is -0.293. The number of hydrogen-bond donors (Lipinski definition) is 3. The van der Waals surface area contributed by atoms with E-state index in [4.69, 9.17) is 0 Å².